The van der Waals surface area contributed by atoms with Crippen LogP contribution in [0.15, 0.2) is 33.5 Å². The number of nitrogens with one attached hydrogen (secondary N) is 1. The zero-order chi connectivity index (χ0) is 14.5. The number of hydrogen-bond donors (Lipinski definition) is 1. The maximum atomic E-state index is 5.65. The van der Waals surface area contributed by atoms with Crippen molar-refractivity contribution in [3.8, 4) is 17.5 Å². The van der Waals surface area contributed by atoms with Gasteiger partial charge < -0.3 is 14.8 Å². The molecule has 0 fully saturated rings. The molecule has 20 heavy (non-hydrogen) atoms. The third-order valence-electron chi connectivity index (χ3n) is 2.47. The van der Waals surface area contributed by atoms with Crippen LogP contribution in [0.25, 0.3) is 0 Å². The molecule has 0 saturated carbocycles. The van der Waals surface area contributed by atoms with Crippen LogP contribution in [0.5, 0.6) is 17.5 Å². The summed E-state index contributed by atoms with van der Waals surface area (Å²) in [4.78, 5) is 8.33. The van der Waals surface area contributed by atoms with Crippen LogP contribution in [-0.4, -0.2) is 24.1 Å². The minimum Gasteiger partial charge on any atom is -0.496 e. The lowest BCUT2D eigenvalue weighted by molar-refractivity contribution is 0.406. The van der Waals surface area contributed by atoms with Crippen molar-refractivity contribution in [2.75, 3.05) is 14.2 Å². The summed E-state index contributed by atoms with van der Waals surface area (Å²) in [5, 5.41) is 3.03. The third kappa shape index (κ3) is 3.68. The molecule has 1 N–H and O–H groups in total. The number of benzene rings is 1. The summed E-state index contributed by atoms with van der Waals surface area (Å²) in [6.07, 6.45) is 3.45. The van der Waals surface area contributed by atoms with E-state index >= 15 is 0 Å². The Bertz CT molecular complexity index is 591. The molecule has 1 heterocycles. The summed E-state index contributed by atoms with van der Waals surface area (Å²) < 4.78 is 12.4. The lowest BCUT2D eigenvalue weighted by Gasteiger charge is -2.09. The van der Waals surface area contributed by atoms with E-state index < -0.39 is 0 Å². The number of aromatic nitrogens is 2. The van der Waals surface area contributed by atoms with Crippen molar-refractivity contribution in [2.45, 2.75) is 6.54 Å². The van der Waals surface area contributed by atoms with Gasteiger partial charge in [-0.3, -0.25) is 0 Å². The fraction of sp³-hybridized carbons (Fsp3) is 0.231. The Kier molecular flexibility index (Phi) is 5.33. The molecule has 0 spiro atoms. The number of methoxy groups -OCH3 is 1. The molecular formula is C13H13Br2N3O2. The fourth-order valence-corrected chi connectivity index (χ4v) is 2.42. The first kappa shape index (κ1) is 15.2. The standard InChI is InChI=1S/C13H13Br2N3O2/c1-16-5-8-6-17-13(18-7-8)20-12-4-9(14)11(19-2)3-10(12)15/h3-4,6-7,16H,5H2,1-2H3. The van der Waals surface area contributed by atoms with E-state index in [0.29, 0.717) is 11.8 Å². The minimum atomic E-state index is 0.294. The van der Waals surface area contributed by atoms with Gasteiger partial charge in [0.15, 0.2) is 0 Å². The van der Waals surface area contributed by atoms with Gasteiger partial charge >= 0.3 is 6.01 Å². The Labute approximate surface area is 134 Å². The lowest BCUT2D eigenvalue weighted by atomic mass is 10.3. The Morgan fingerprint density at radius 3 is 2.30 bits per heavy atom. The molecule has 0 radical (unpaired) electrons. The molecule has 0 bridgehead atoms. The van der Waals surface area contributed by atoms with Gasteiger partial charge in [-0.2, -0.15) is 0 Å². The van der Waals surface area contributed by atoms with Gasteiger partial charge in [-0.25, -0.2) is 9.97 Å². The highest BCUT2D eigenvalue weighted by molar-refractivity contribution is 9.11. The zero-order valence-corrected chi connectivity index (χ0v) is 14.2. The number of rotatable bonds is 5. The van der Waals surface area contributed by atoms with Crippen molar-refractivity contribution >= 4 is 31.9 Å². The van der Waals surface area contributed by atoms with E-state index in [1.165, 1.54) is 0 Å². The van der Waals surface area contributed by atoms with Gasteiger partial charge in [0, 0.05) is 30.6 Å². The second kappa shape index (κ2) is 7.01. The number of nitrogens with zero attached hydrogens (tertiary/aromatic N) is 2. The first-order chi connectivity index (χ1) is 9.63. The van der Waals surface area contributed by atoms with Gasteiger partial charge in [-0.15, -0.1) is 0 Å². The second-order valence-corrected chi connectivity index (χ2v) is 5.63. The van der Waals surface area contributed by atoms with Gasteiger partial charge in [0.05, 0.1) is 16.1 Å². The zero-order valence-electron chi connectivity index (χ0n) is 11.0. The molecule has 1 aromatic carbocycles. The van der Waals surface area contributed by atoms with Crippen LogP contribution < -0.4 is 14.8 Å². The Balaban J connectivity index is 2.19. The predicted octanol–water partition coefficient (Wildman–Crippen LogP) is 3.52. The summed E-state index contributed by atoms with van der Waals surface area (Å²) in [5.74, 6) is 1.33. The fourth-order valence-electron chi connectivity index (χ4n) is 1.53. The van der Waals surface area contributed by atoms with E-state index in [0.717, 1.165) is 26.8 Å². The molecule has 5 nitrogen and oxygen atoms in total. The summed E-state index contributed by atoms with van der Waals surface area (Å²) in [6, 6.07) is 3.91. The Hall–Kier alpha value is -1.18. The van der Waals surface area contributed by atoms with Gasteiger partial charge in [0.1, 0.15) is 11.5 Å². The lowest BCUT2D eigenvalue weighted by Crippen LogP contribution is -2.06. The van der Waals surface area contributed by atoms with Gasteiger partial charge in [0.2, 0.25) is 0 Å². The summed E-state index contributed by atoms with van der Waals surface area (Å²) >= 11 is 6.84. The van der Waals surface area contributed by atoms with Crippen LogP contribution in [0, 0.1) is 0 Å². The molecule has 0 amide bonds. The van der Waals surface area contributed by atoms with E-state index in [1.54, 1.807) is 25.6 Å². The molecule has 0 atom stereocenters. The molecule has 2 rings (SSSR count). The average molecular weight is 403 g/mol. The molecule has 1 aromatic heterocycles. The van der Waals surface area contributed by atoms with E-state index in [2.05, 4.69) is 47.1 Å². The first-order valence-corrected chi connectivity index (χ1v) is 7.39. The molecule has 2 aromatic rings. The van der Waals surface area contributed by atoms with Crippen LogP contribution in [0.4, 0.5) is 0 Å². The highest BCUT2D eigenvalue weighted by atomic mass is 79.9. The maximum Gasteiger partial charge on any atom is 0.321 e. The average Bonchev–Trinajstić information content (AvgIpc) is 2.45. The molecular weight excluding hydrogens is 390 g/mol. The topological polar surface area (TPSA) is 56.3 Å². The molecule has 0 saturated heterocycles. The van der Waals surface area contributed by atoms with Crippen molar-refractivity contribution in [1.82, 2.24) is 15.3 Å². The van der Waals surface area contributed by atoms with Crippen LogP contribution >= 0.6 is 31.9 Å². The normalized spacial score (nSPS) is 10.4. The minimum absolute atomic E-state index is 0.294. The van der Waals surface area contributed by atoms with E-state index in [-0.39, 0.29) is 0 Å². The summed E-state index contributed by atoms with van der Waals surface area (Å²) in [5.41, 5.74) is 0.995. The predicted molar refractivity (Wildman–Crippen MR) is 83.3 cm³/mol. The number of ether oxygens (including phenoxy) is 2. The van der Waals surface area contributed by atoms with E-state index in [4.69, 9.17) is 9.47 Å². The maximum absolute atomic E-state index is 5.65. The van der Waals surface area contributed by atoms with Crippen molar-refractivity contribution in [1.29, 1.82) is 0 Å². The van der Waals surface area contributed by atoms with Gasteiger partial charge in [0.25, 0.3) is 0 Å². The van der Waals surface area contributed by atoms with E-state index in [1.807, 2.05) is 13.1 Å². The van der Waals surface area contributed by atoms with Crippen molar-refractivity contribution in [3.63, 3.8) is 0 Å². The smallest absolute Gasteiger partial charge is 0.321 e. The van der Waals surface area contributed by atoms with Crippen molar-refractivity contribution in [2.24, 2.45) is 0 Å². The SMILES string of the molecule is CNCc1cnc(Oc2cc(Br)c(OC)cc2Br)nc1. The molecule has 0 aliphatic heterocycles. The first-order valence-electron chi connectivity index (χ1n) is 5.80. The van der Waals surface area contributed by atoms with E-state index in [9.17, 15) is 0 Å². The Morgan fingerprint density at radius 1 is 1.10 bits per heavy atom. The molecule has 106 valence electrons. The monoisotopic (exact) mass is 401 g/mol. The number of hydrogen-bond acceptors (Lipinski definition) is 5. The number of halogens is 2. The molecule has 0 aliphatic rings. The Morgan fingerprint density at radius 2 is 1.70 bits per heavy atom. The van der Waals surface area contributed by atoms with Gasteiger partial charge in [-0.05, 0) is 45.0 Å². The largest absolute Gasteiger partial charge is 0.496 e. The highest BCUT2D eigenvalue weighted by Gasteiger charge is 2.10. The molecule has 0 aliphatic carbocycles. The highest BCUT2D eigenvalue weighted by Crippen LogP contribution is 2.37. The van der Waals surface area contributed by atoms with Gasteiger partial charge in [-0.1, -0.05) is 0 Å². The van der Waals surface area contributed by atoms with Crippen LogP contribution in [0.1, 0.15) is 5.56 Å². The third-order valence-corrected chi connectivity index (χ3v) is 3.71. The van der Waals surface area contributed by atoms with Crippen LogP contribution in [0.2, 0.25) is 0 Å². The summed E-state index contributed by atoms with van der Waals surface area (Å²) in [6.45, 7) is 0.720. The summed E-state index contributed by atoms with van der Waals surface area (Å²) in [7, 11) is 3.48. The quantitative estimate of drug-likeness (QED) is 0.829. The van der Waals surface area contributed by atoms with Crippen LogP contribution in [-0.2, 0) is 6.54 Å². The van der Waals surface area contributed by atoms with Crippen molar-refractivity contribution < 1.29 is 9.47 Å². The second-order valence-electron chi connectivity index (χ2n) is 3.92. The molecule has 0 unspecified atom stereocenters. The van der Waals surface area contributed by atoms with Crippen molar-refractivity contribution in [3.05, 3.63) is 39.0 Å². The van der Waals surface area contributed by atoms with Crippen LogP contribution in [0.3, 0.4) is 0 Å². The molecule has 7 heteroatoms.